The lowest BCUT2D eigenvalue weighted by Gasteiger charge is -2.34. The fraction of sp³-hybridized carbons (Fsp3) is 0.647. The number of hydrogen-bond donors (Lipinski definition) is 1. The molecule has 1 aliphatic heterocycles. The summed E-state index contributed by atoms with van der Waals surface area (Å²) < 4.78 is 5.46. The summed E-state index contributed by atoms with van der Waals surface area (Å²) in [6, 6.07) is 10.2. The van der Waals surface area contributed by atoms with Gasteiger partial charge in [-0.3, -0.25) is 0 Å². The van der Waals surface area contributed by atoms with Crippen LogP contribution in [-0.2, 0) is 0 Å². The highest BCUT2D eigenvalue weighted by molar-refractivity contribution is 5.35. The second kappa shape index (κ2) is 6.15. The first-order chi connectivity index (χ1) is 9.78. The second-order valence-corrected chi connectivity index (χ2v) is 6.17. The van der Waals surface area contributed by atoms with E-state index in [2.05, 4.69) is 29.3 Å². The van der Waals surface area contributed by atoms with E-state index in [9.17, 15) is 0 Å². The summed E-state index contributed by atoms with van der Waals surface area (Å²) in [4.78, 5) is 2.67. The topological polar surface area (TPSA) is 24.5 Å². The van der Waals surface area contributed by atoms with Crippen LogP contribution in [0.5, 0.6) is 5.75 Å². The molecular weight excluding hydrogens is 248 g/mol. The Morgan fingerprint density at radius 3 is 2.50 bits per heavy atom. The van der Waals surface area contributed by atoms with Crippen LogP contribution in [0.3, 0.4) is 0 Å². The summed E-state index contributed by atoms with van der Waals surface area (Å²) >= 11 is 0. The first-order valence-corrected chi connectivity index (χ1v) is 7.91. The number of likely N-dealkylation sites (tertiary alicyclic amines) is 1. The van der Waals surface area contributed by atoms with E-state index in [4.69, 9.17) is 4.74 Å². The zero-order valence-electron chi connectivity index (χ0n) is 12.6. The molecule has 1 aromatic rings. The lowest BCUT2D eigenvalue weighted by Crippen LogP contribution is -2.44. The van der Waals surface area contributed by atoms with Gasteiger partial charge in [0.2, 0.25) is 0 Å². The molecule has 1 saturated carbocycles. The van der Waals surface area contributed by atoms with Crippen molar-refractivity contribution in [3.05, 3.63) is 29.8 Å². The number of para-hydroxylation sites is 1. The van der Waals surface area contributed by atoms with Crippen LogP contribution in [0, 0.1) is 0 Å². The van der Waals surface area contributed by atoms with E-state index in [0.29, 0.717) is 12.1 Å². The standard InChI is InChI=1S/C17H26N2O/c1-13(16-5-3-4-6-17(16)20-2)18-14-9-11-19(12-10-14)15-7-8-15/h3-6,13-15,18H,7-12H2,1-2H3. The smallest absolute Gasteiger partial charge is 0.123 e. The number of methoxy groups -OCH3 is 1. The van der Waals surface area contributed by atoms with Crippen molar-refractivity contribution < 1.29 is 4.74 Å². The highest BCUT2D eigenvalue weighted by Gasteiger charge is 2.32. The van der Waals surface area contributed by atoms with E-state index in [0.717, 1.165) is 11.8 Å². The Hall–Kier alpha value is -1.06. The molecule has 20 heavy (non-hydrogen) atoms. The second-order valence-electron chi connectivity index (χ2n) is 6.17. The molecule has 0 amide bonds. The molecule has 3 rings (SSSR count). The molecule has 1 saturated heterocycles. The fourth-order valence-corrected chi connectivity index (χ4v) is 3.34. The van der Waals surface area contributed by atoms with E-state index >= 15 is 0 Å². The third kappa shape index (κ3) is 3.15. The van der Waals surface area contributed by atoms with Gasteiger partial charge in [-0.2, -0.15) is 0 Å². The van der Waals surface area contributed by atoms with E-state index in [1.54, 1.807) is 7.11 Å². The summed E-state index contributed by atoms with van der Waals surface area (Å²) in [7, 11) is 1.75. The lowest BCUT2D eigenvalue weighted by molar-refractivity contribution is 0.184. The van der Waals surface area contributed by atoms with Crippen LogP contribution >= 0.6 is 0 Å². The predicted molar refractivity (Wildman–Crippen MR) is 82.2 cm³/mol. The zero-order chi connectivity index (χ0) is 13.9. The first-order valence-electron chi connectivity index (χ1n) is 7.91. The normalized spacial score (nSPS) is 22.7. The minimum atomic E-state index is 0.351. The Morgan fingerprint density at radius 1 is 1.15 bits per heavy atom. The molecule has 1 atom stereocenters. The van der Waals surface area contributed by atoms with E-state index in [-0.39, 0.29) is 0 Å². The quantitative estimate of drug-likeness (QED) is 0.893. The van der Waals surface area contributed by atoms with Crippen molar-refractivity contribution in [1.29, 1.82) is 0 Å². The van der Waals surface area contributed by atoms with Crippen LogP contribution in [0.25, 0.3) is 0 Å². The highest BCUT2D eigenvalue weighted by Crippen LogP contribution is 2.30. The van der Waals surface area contributed by atoms with Gasteiger partial charge in [0.05, 0.1) is 7.11 Å². The lowest BCUT2D eigenvalue weighted by atomic mass is 10.0. The Morgan fingerprint density at radius 2 is 1.85 bits per heavy atom. The van der Waals surface area contributed by atoms with Crippen LogP contribution in [0.2, 0.25) is 0 Å². The van der Waals surface area contributed by atoms with Crippen LogP contribution in [0.4, 0.5) is 0 Å². The molecule has 1 N–H and O–H groups in total. The molecular formula is C17H26N2O. The molecule has 1 aliphatic carbocycles. The summed E-state index contributed by atoms with van der Waals surface area (Å²) in [5, 5.41) is 3.78. The third-order valence-electron chi connectivity index (χ3n) is 4.68. The van der Waals surface area contributed by atoms with Crippen molar-refractivity contribution in [2.75, 3.05) is 20.2 Å². The maximum atomic E-state index is 5.46. The van der Waals surface area contributed by atoms with Gasteiger partial charge in [-0.25, -0.2) is 0 Å². The number of nitrogens with zero attached hydrogens (tertiary/aromatic N) is 1. The molecule has 2 aliphatic rings. The summed E-state index contributed by atoms with van der Waals surface area (Å²) in [5.74, 6) is 0.989. The predicted octanol–water partition coefficient (Wildman–Crippen LogP) is 2.97. The SMILES string of the molecule is COc1ccccc1C(C)NC1CCN(C2CC2)CC1. The molecule has 0 spiro atoms. The maximum absolute atomic E-state index is 5.46. The van der Waals surface area contributed by atoms with Gasteiger partial charge in [0.15, 0.2) is 0 Å². The van der Waals surface area contributed by atoms with Gasteiger partial charge >= 0.3 is 0 Å². The van der Waals surface area contributed by atoms with Crippen molar-refractivity contribution >= 4 is 0 Å². The molecule has 3 heteroatoms. The molecule has 2 fully saturated rings. The zero-order valence-corrected chi connectivity index (χ0v) is 12.6. The van der Waals surface area contributed by atoms with Gasteiger partial charge in [-0.05, 0) is 51.8 Å². The monoisotopic (exact) mass is 274 g/mol. The average molecular weight is 274 g/mol. The largest absolute Gasteiger partial charge is 0.496 e. The fourth-order valence-electron chi connectivity index (χ4n) is 3.34. The van der Waals surface area contributed by atoms with Gasteiger partial charge in [-0.15, -0.1) is 0 Å². The van der Waals surface area contributed by atoms with E-state index < -0.39 is 0 Å². The van der Waals surface area contributed by atoms with Gasteiger partial charge in [0.1, 0.15) is 5.75 Å². The van der Waals surface area contributed by atoms with Gasteiger partial charge < -0.3 is 15.0 Å². The van der Waals surface area contributed by atoms with Gasteiger partial charge in [-0.1, -0.05) is 18.2 Å². The number of nitrogens with one attached hydrogen (secondary N) is 1. The van der Waals surface area contributed by atoms with Crippen LogP contribution in [-0.4, -0.2) is 37.2 Å². The minimum Gasteiger partial charge on any atom is -0.496 e. The number of rotatable bonds is 5. The Labute approximate surface area is 122 Å². The molecule has 1 aromatic carbocycles. The molecule has 110 valence electrons. The third-order valence-corrected chi connectivity index (χ3v) is 4.68. The molecule has 0 aromatic heterocycles. The van der Waals surface area contributed by atoms with Crippen molar-refractivity contribution in [2.24, 2.45) is 0 Å². The molecule has 3 nitrogen and oxygen atoms in total. The Kier molecular flexibility index (Phi) is 4.27. The Balaban J connectivity index is 1.54. The number of hydrogen-bond acceptors (Lipinski definition) is 3. The number of piperidine rings is 1. The molecule has 1 unspecified atom stereocenters. The minimum absolute atomic E-state index is 0.351. The summed E-state index contributed by atoms with van der Waals surface area (Å²) in [6.07, 6.45) is 5.40. The first kappa shape index (κ1) is 13.9. The highest BCUT2D eigenvalue weighted by atomic mass is 16.5. The van der Waals surface area contributed by atoms with Crippen LogP contribution in [0.1, 0.15) is 44.2 Å². The van der Waals surface area contributed by atoms with Crippen LogP contribution < -0.4 is 10.1 Å². The average Bonchev–Trinajstić information content (AvgIpc) is 3.32. The number of benzene rings is 1. The molecule has 1 heterocycles. The van der Waals surface area contributed by atoms with Crippen LogP contribution in [0.15, 0.2) is 24.3 Å². The van der Waals surface area contributed by atoms with Gasteiger partial charge in [0.25, 0.3) is 0 Å². The van der Waals surface area contributed by atoms with Crippen molar-refractivity contribution in [1.82, 2.24) is 10.2 Å². The molecule has 0 radical (unpaired) electrons. The summed E-state index contributed by atoms with van der Waals surface area (Å²) in [5.41, 5.74) is 1.26. The van der Waals surface area contributed by atoms with Gasteiger partial charge in [0, 0.05) is 23.7 Å². The number of ether oxygens (including phenoxy) is 1. The maximum Gasteiger partial charge on any atom is 0.123 e. The summed E-state index contributed by atoms with van der Waals surface area (Å²) in [6.45, 7) is 4.77. The molecule has 0 bridgehead atoms. The van der Waals surface area contributed by atoms with E-state index in [1.165, 1.54) is 44.3 Å². The van der Waals surface area contributed by atoms with Crippen molar-refractivity contribution in [3.8, 4) is 5.75 Å². The van der Waals surface area contributed by atoms with E-state index in [1.807, 2.05) is 12.1 Å². The Bertz CT molecular complexity index is 436. The van der Waals surface area contributed by atoms with Crippen molar-refractivity contribution in [2.45, 2.75) is 50.7 Å². The van der Waals surface area contributed by atoms with Crippen molar-refractivity contribution in [3.63, 3.8) is 0 Å².